The van der Waals surface area contributed by atoms with E-state index < -0.39 is 18.9 Å². The van der Waals surface area contributed by atoms with Crippen LogP contribution in [-0.2, 0) is 23.6 Å². The number of nitrogens with one attached hydrogen (secondary N) is 1. The number of H-pyrrole nitrogens is 1. The molecule has 3 fully saturated rings. The van der Waals surface area contributed by atoms with Gasteiger partial charge < -0.3 is 34.4 Å². The maximum absolute atomic E-state index is 13.3. The molecular formula is C26H37BN4O5. The van der Waals surface area contributed by atoms with Crippen molar-refractivity contribution in [3.63, 3.8) is 0 Å². The highest BCUT2D eigenvalue weighted by Crippen LogP contribution is 2.42. The highest BCUT2D eigenvalue weighted by atomic mass is 16.7. The summed E-state index contributed by atoms with van der Waals surface area (Å²) in [4.78, 5) is 23.1. The van der Waals surface area contributed by atoms with Gasteiger partial charge >= 0.3 is 7.12 Å². The summed E-state index contributed by atoms with van der Waals surface area (Å²) in [6.07, 6.45) is 2.31. The first-order valence-electron chi connectivity index (χ1n) is 12.8. The van der Waals surface area contributed by atoms with Crippen LogP contribution in [0.4, 0.5) is 0 Å². The number of aromatic nitrogens is 2. The van der Waals surface area contributed by atoms with Crippen LogP contribution in [0.3, 0.4) is 0 Å². The van der Waals surface area contributed by atoms with Crippen molar-refractivity contribution in [2.45, 2.75) is 77.0 Å². The number of rotatable bonds is 5. The maximum atomic E-state index is 13.3. The molecule has 194 valence electrons. The van der Waals surface area contributed by atoms with Gasteiger partial charge in [0.25, 0.3) is 0 Å². The van der Waals surface area contributed by atoms with Crippen molar-refractivity contribution in [2.24, 2.45) is 11.7 Å². The summed E-state index contributed by atoms with van der Waals surface area (Å²) in [5.41, 5.74) is 8.27. The fraction of sp³-hybridized carbons (Fsp3) is 0.615. The minimum Gasteiger partial charge on any atom is -0.399 e. The molecule has 1 amide bonds. The van der Waals surface area contributed by atoms with E-state index in [1.807, 2.05) is 65.8 Å². The van der Waals surface area contributed by atoms with Gasteiger partial charge in [-0.25, -0.2) is 4.98 Å². The molecule has 3 aliphatic heterocycles. The van der Waals surface area contributed by atoms with Crippen molar-refractivity contribution < 1.29 is 23.6 Å². The Bertz CT molecular complexity index is 1090. The molecule has 0 bridgehead atoms. The smallest absolute Gasteiger partial charge is 0.399 e. The zero-order valence-electron chi connectivity index (χ0n) is 22.0. The number of hydrogen-bond donors (Lipinski definition) is 2. The van der Waals surface area contributed by atoms with Crippen molar-refractivity contribution in [3.8, 4) is 11.3 Å². The number of ether oxygens (including phenoxy) is 2. The molecule has 3 saturated heterocycles. The third-order valence-electron chi connectivity index (χ3n) is 8.05. The molecule has 9 nitrogen and oxygen atoms in total. The molecule has 2 aromatic rings. The van der Waals surface area contributed by atoms with Crippen LogP contribution in [0, 0.1) is 5.92 Å². The lowest BCUT2D eigenvalue weighted by Gasteiger charge is -2.32. The van der Waals surface area contributed by atoms with Crippen LogP contribution in [0.15, 0.2) is 30.5 Å². The summed E-state index contributed by atoms with van der Waals surface area (Å²) in [5.74, 6) is -0.195. The fourth-order valence-electron chi connectivity index (χ4n) is 4.95. The van der Waals surface area contributed by atoms with Gasteiger partial charge in [0.15, 0.2) is 5.79 Å². The number of benzene rings is 1. The lowest BCUT2D eigenvalue weighted by molar-refractivity contribution is -0.153. The summed E-state index contributed by atoms with van der Waals surface area (Å²) in [6.45, 7) is 13.5. The molecule has 2 atom stereocenters. The van der Waals surface area contributed by atoms with Crippen molar-refractivity contribution in [3.05, 3.63) is 36.3 Å². The molecule has 0 radical (unpaired) electrons. The minimum atomic E-state index is -0.797. The summed E-state index contributed by atoms with van der Waals surface area (Å²) in [5, 5.41) is 0. The molecule has 2 unspecified atom stereocenters. The summed E-state index contributed by atoms with van der Waals surface area (Å²) in [7, 11) is -0.410. The van der Waals surface area contributed by atoms with Crippen LogP contribution >= 0.6 is 0 Å². The van der Waals surface area contributed by atoms with Crippen LogP contribution in [0.25, 0.3) is 11.3 Å². The van der Waals surface area contributed by atoms with Gasteiger partial charge in [-0.15, -0.1) is 0 Å². The molecule has 5 rings (SSSR count). The molecule has 36 heavy (non-hydrogen) atoms. The molecule has 4 heterocycles. The molecule has 0 aliphatic carbocycles. The third-order valence-corrected chi connectivity index (χ3v) is 8.05. The monoisotopic (exact) mass is 496 g/mol. The normalized spacial score (nSPS) is 25.3. The Morgan fingerprint density at radius 2 is 1.72 bits per heavy atom. The van der Waals surface area contributed by atoms with E-state index in [0.29, 0.717) is 32.0 Å². The minimum absolute atomic E-state index is 0.0229. The first kappa shape index (κ1) is 25.4. The van der Waals surface area contributed by atoms with Gasteiger partial charge in [0.2, 0.25) is 5.91 Å². The Morgan fingerprint density at radius 3 is 2.31 bits per heavy atom. The number of hydrogen-bond acceptors (Lipinski definition) is 7. The number of aromatic amines is 1. The van der Waals surface area contributed by atoms with Crippen LogP contribution < -0.4 is 11.2 Å². The molecule has 1 aromatic heterocycles. The standard InChI is InChI=1S/C26H37BN4O5/c1-16(2)21(28)23(32)31-15-26(33-11-12-34-26)13-20(31)22-29-14-19(30-22)17-7-9-18(10-8-17)27-35-24(3,4)25(5,6)36-27/h7-10,14,16,20-21H,11-13,15,28H2,1-6H3,(H,29,30). The van der Waals surface area contributed by atoms with E-state index in [1.54, 1.807) is 11.1 Å². The van der Waals surface area contributed by atoms with Crippen molar-refractivity contribution in [1.82, 2.24) is 14.9 Å². The second kappa shape index (κ2) is 8.95. The van der Waals surface area contributed by atoms with Crippen molar-refractivity contribution in [2.75, 3.05) is 19.8 Å². The van der Waals surface area contributed by atoms with E-state index >= 15 is 0 Å². The Hall–Kier alpha value is -2.24. The average Bonchev–Trinajstić information content (AvgIpc) is 3.60. The average molecular weight is 496 g/mol. The van der Waals surface area contributed by atoms with Gasteiger partial charge in [-0.2, -0.15) is 0 Å². The molecule has 1 aromatic carbocycles. The summed E-state index contributed by atoms with van der Waals surface area (Å²) < 4.78 is 24.2. The first-order chi connectivity index (χ1) is 16.9. The van der Waals surface area contributed by atoms with Crippen LogP contribution in [0.2, 0.25) is 0 Å². The van der Waals surface area contributed by atoms with E-state index in [0.717, 1.165) is 16.7 Å². The van der Waals surface area contributed by atoms with E-state index in [1.165, 1.54) is 0 Å². The highest BCUT2D eigenvalue weighted by molar-refractivity contribution is 6.62. The SMILES string of the molecule is CC(C)C(N)C(=O)N1CC2(CC1c1ncc(-c3ccc(B4OC(C)(C)C(C)(C)O4)cc3)[nH]1)OCCO2. The number of carbonyl (C=O) groups excluding carboxylic acids is 1. The number of nitrogens with zero attached hydrogens (tertiary/aromatic N) is 2. The number of nitrogens with two attached hydrogens (primary N) is 1. The van der Waals surface area contributed by atoms with Gasteiger partial charge in [-0.05, 0) is 44.6 Å². The first-order valence-corrected chi connectivity index (χ1v) is 12.8. The lowest BCUT2D eigenvalue weighted by atomic mass is 9.79. The van der Waals surface area contributed by atoms with Crippen molar-refractivity contribution >= 4 is 18.5 Å². The van der Waals surface area contributed by atoms with Crippen LogP contribution in [-0.4, -0.2) is 70.7 Å². The maximum Gasteiger partial charge on any atom is 0.494 e. The molecule has 3 aliphatic rings. The topological polar surface area (TPSA) is 112 Å². The second-order valence-corrected chi connectivity index (χ2v) is 11.5. The molecule has 3 N–H and O–H groups in total. The Kier molecular flexibility index (Phi) is 6.32. The van der Waals surface area contributed by atoms with Gasteiger partial charge in [0.05, 0.1) is 54.9 Å². The van der Waals surface area contributed by atoms with E-state index in [-0.39, 0.29) is 29.1 Å². The third kappa shape index (κ3) is 4.39. The Labute approximate surface area is 213 Å². The predicted molar refractivity (Wildman–Crippen MR) is 136 cm³/mol. The number of carbonyl (C=O) groups is 1. The van der Waals surface area contributed by atoms with Gasteiger partial charge in [0, 0.05) is 6.42 Å². The van der Waals surface area contributed by atoms with E-state index in [9.17, 15) is 4.79 Å². The zero-order valence-corrected chi connectivity index (χ0v) is 22.0. The van der Waals surface area contributed by atoms with Gasteiger partial charge in [-0.3, -0.25) is 4.79 Å². The van der Waals surface area contributed by atoms with E-state index in [4.69, 9.17) is 24.5 Å². The molecule has 10 heteroatoms. The summed E-state index contributed by atoms with van der Waals surface area (Å²) >= 11 is 0. The van der Waals surface area contributed by atoms with Crippen LogP contribution in [0.5, 0.6) is 0 Å². The quantitative estimate of drug-likeness (QED) is 0.612. The number of imidazole rings is 1. The fourth-order valence-corrected chi connectivity index (χ4v) is 4.95. The van der Waals surface area contributed by atoms with Gasteiger partial charge in [0.1, 0.15) is 5.82 Å². The Balaban J connectivity index is 1.36. The van der Waals surface area contributed by atoms with Gasteiger partial charge in [-0.1, -0.05) is 38.1 Å². The largest absolute Gasteiger partial charge is 0.494 e. The summed E-state index contributed by atoms with van der Waals surface area (Å²) in [6, 6.07) is 7.17. The zero-order chi connectivity index (χ0) is 25.9. The number of amides is 1. The molecule has 1 spiro atoms. The molecule has 0 saturated carbocycles. The second-order valence-electron chi connectivity index (χ2n) is 11.5. The van der Waals surface area contributed by atoms with Crippen LogP contribution in [0.1, 0.15) is 59.8 Å². The molecular weight excluding hydrogens is 459 g/mol. The van der Waals surface area contributed by atoms with E-state index in [2.05, 4.69) is 9.97 Å². The Morgan fingerprint density at radius 1 is 1.11 bits per heavy atom. The highest BCUT2D eigenvalue weighted by Gasteiger charge is 2.53. The number of likely N-dealkylation sites (tertiary alicyclic amines) is 1. The lowest BCUT2D eigenvalue weighted by Crippen LogP contribution is -2.48. The van der Waals surface area contributed by atoms with Crippen molar-refractivity contribution in [1.29, 1.82) is 0 Å². The predicted octanol–water partition coefficient (Wildman–Crippen LogP) is 2.38.